The van der Waals surface area contributed by atoms with Gasteiger partial charge in [-0.1, -0.05) is 0 Å². The first-order chi connectivity index (χ1) is 3.45. The van der Waals surface area contributed by atoms with Crippen LogP contribution in [0.25, 0.3) is 11.2 Å². The highest BCUT2D eigenvalue weighted by Gasteiger charge is 1.91. The molecule has 0 spiro atoms. The number of fused-ring (bicyclic) bond motifs is 2. The first-order valence-corrected chi connectivity index (χ1v) is 2.23. The highest BCUT2D eigenvalue weighted by Crippen LogP contribution is 2.13. The van der Waals surface area contributed by atoms with Gasteiger partial charge in [0.2, 0.25) is 0 Å². The van der Waals surface area contributed by atoms with E-state index in [1.54, 1.807) is 0 Å². The van der Waals surface area contributed by atoms with Crippen molar-refractivity contribution in [3.8, 4) is 0 Å². The van der Waals surface area contributed by atoms with Crippen molar-refractivity contribution >= 4 is 11.2 Å². The fourth-order valence-electron chi connectivity index (χ4n) is 0.712. The third-order valence-corrected chi connectivity index (χ3v) is 1.06. The zero-order chi connectivity index (χ0) is 4.69. The third-order valence-electron chi connectivity index (χ3n) is 1.06. The number of hydrogen-bond donors (Lipinski definition) is 1. The first-order valence-electron chi connectivity index (χ1n) is 2.23. The van der Waals surface area contributed by atoms with Gasteiger partial charge in [0.15, 0.2) is 0 Å². The zero-order valence-electron chi connectivity index (χ0n) is 4.42. The summed E-state index contributed by atoms with van der Waals surface area (Å²) in [6.45, 7) is 0. The molecule has 0 aliphatic heterocycles. The summed E-state index contributed by atoms with van der Waals surface area (Å²) in [5.74, 6) is 0. The molecular weight excluding hydrogens is 102 g/mol. The van der Waals surface area contributed by atoms with Crippen LogP contribution in [0.4, 0.5) is 0 Å². The summed E-state index contributed by atoms with van der Waals surface area (Å²) in [6, 6.07) is 7.81. The minimum Gasteiger partial charge on any atom is -0.457 e. The van der Waals surface area contributed by atoms with Crippen LogP contribution >= 0.6 is 0 Å². The van der Waals surface area contributed by atoms with Crippen LogP contribution in [0, 0.1) is 0 Å². The van der Waals surface area contributed by atoms with Gasteiger partial charge in [-0.25, -0.2) is 0 Å². The second-order valence-electron chi connectivity index (χ2n) is 1.57. The van der Waals surface area contributed by atoms with Crippen molar-refractivity contribution in [2.75, 3.05) is 0 Å². The summed E-state index contributed by atoms with van der Waals surface area (Å²) in [5.41, 5.74) is 1.94. The Morgan fingerprint density at radius 1 is 0.875 bits per heavy atom. The molecule has 0 saturated carbocycles. The third kappa shape index (κ3) is 0.468. The van der Waals surface area contributed by atoms with Crippen LogP contribution < -0.4 is 6.15 Å². The molecule has 0 atom stereocenters. The van der Waals surface area contributed by atoms with Crippen LogP contribution in [0.3, 0.4) is 0 Å². The highest BCUT2D eigenvalue weighted by atomic mass is 16.3. The lowest BCUT2D eigenvalue weighted by molar-refractivity contribution is 0.675. The molecule has 0 amide bonds. The molecule has 2 aromatic heterocycles. The van der Waals surface area contributed by atoms with E-state index >= 15 is 0 Å². The summed E-state index contributed by atoms with van der Waals surface area (Å²) < 4.78 is 5.08. The van der Waals surface area contributed by atoms with E-state index in [2.05, 4.69) is 0 Å². The van der Waals surface area contributed by atoms with Gasteiger partial charge in [0.25, 0.3) is 0 Å². The van der Waals surface area contributed by atoms with Crippen LogP contribution in [0.15, 0.2) is 28.7 Å². The van der Waals surface area contributed by atoms with Gasteiger partial charge in [0.05, 0.1) is 0 Å². The lowest BCUT2D eigenvalue weighted by atomic mass is 10.4. The Hall–Kier alpha value is -1.02. The molecule has 0 aliphatic rings. The SMILES string of the molecule is N.c1cc2ccc1o2. The maximum Gasteiger partial charge on any atom is 0.127 e. The van der Waals surface area contributed by atoms with Gasteiger partial charge in [0, 0.05) is 0 Å². The fraction of sp³-hybridized carbons (Fsp3) is 0. The van der Waals surface area contributed by atoms with Gasteiger partial charge in [-0.15, -0.1) is 0 Å². The summed E-state index contributed by atoms with van der Waals surface area (Å²) in [5, 5.41) is 0. The Labute approximate surface area is 47.0 Å². The molecule has 0 aromatic carbocycles. The molecule has 2 rings (SSSR count). The zero-order valence-corrected chi connectivity index (χ0v) is 4.42. The quantitative estimate of drug-likeness (QED) is 0.562. The number of hydrogen-bond acceptors (Lipinski definition) is 2. The highest BCUT2D eigenvalue weighted by molar-refractivity contribution is 5.59. The Morgan fingerprint density at radius 3 is 1.38 bits per heavy atom. The van der Waals surface area contributed by atoms with Crippen LogP contribution in [0.2, 0.25) is 0 Å². The molecule has 8 heavy (non-hydrogen) atoms. The van der Waals surface area contributed by atoms with E-state index < -0.39 is 0 Å². The van der Waals surface area contributed by atoms with E-state index in [1.807, 2.05) is 24.3 Å². The van der Waals surface area contributed by atoms with Crippen molar-refractivity contribution in [2.24, 2.45) is 0 Å². The van der Waals surface area contributed by atoms with E-state index in [9.17, 15) is 0 Å². The molecule has 2 heteroatoms. The molecule has 0 fully saturated rings. The van der Waals surface area contributed by atoms with Crippen LogP contribution in [0.1, 0.15) is 0 Å². The summed E-state index contributed by atoms with van der Waals surface area (Å²) in [6.07, 6.45) is 0. The van der Waals surface area contributed by atoms with Crippen molar-refractivity contribution in [3.05, 3.63) is 24.3 Å². The molecule has 0 unspecified atom stereocenters. The largest absolute Gasteiger partial charge is 0.457 e. The van der Waals surface area contributed by atoms with E-state index in [0.717, 1.165) is 11.2 Å². The molecule has 0 radical (unpaired) electrons. The van der Waals surface area contributed by atoms with Gasteiger partial charge in [-0.2, -0.15) is 0 Å². The lowest BCUT2D eigenvalue weighted by Gasteiger charge is -1.60. The molecule has 2 bridgehead atoms. The monoisotopic (exact) mass is 109 g/mol. The fourth-order valence-corrected chi connectivity index (χ4v) is 0.712. The van der Waals surface area contributed by atoms with Crippen molar-refractivity contribution in [3.63, 3.8) is 0 Å². The van der Waals surface area contributed by atoms with Crippen molar-refractivity contribution in [1.82, 2.24) is 6.15 Å². The minimum atomic E-state index is 0. The number of rotatable bonds is 0. The molecule has 42 valence electrons. The second-order valence-corrected chi connectivity index (χ2v) is 1.57. The standard InChI is InChI=1S/C6H4O.H3N/c1-2-6-4-3-5(1)7-6;/h1-4H;1H3. The van der Waals surface area contributed by atoms with Crippen LogP contribution in [-0.4, -0.2) is 0 Å². The van der Waals surface area contributed by atoms with Gasteiger partial charge in [-0.3, -0.25) is 0 Å². The lowest BCUT2D eigenvalue weighted by Crippen LogP contribution is -1.43. The average Bonchev–Trinajstić information content (AvgIpc) is 2.22. The van der Waals surface area contributed by atoms with E-state index in [-0.39, 0.29) is 6.15 Å². The second kappa shape index (κ2) is 1.49. The average molecular weight is 109 g/mol. The van der Waals surface area contributed by atoms with E-state index in [4.69, 9.17) is 4.42 Å². The summed E-state index contributed by atoms with van der Waals surface area (Å²) in [4.78, 5) is 0. The van der Waals surface area contributed by atoms with E-state index in [0.29, 0.717) is 0 Å². The molecular formula is C6H7NO. The maximum absolute atomic E-state index is 5.08. The Kier molecular flexibility index (Phi) is 0.954. The summed E-state index contributed by atoms with van der Waals surface area (Å²) in [7, 11) is 0. The molecule has 2 aromatic rings. The minimum absolute atomic E-state index is 0. The number of benzene rings is 1. The van der Waals surface area contributed by atoms with E-state index in [1.165, 1.54) is 0 Å². The van der Waals surface area contributed by atoms with Crippen molar-refractivity contribution < 1.29 is 4.42 Å². The Morgan fingerprint density at radius 2 is 1.25 bits per heavy atom. The normalized spacial score (nSPS) is 9.50. The van der Waals surface area contributed by atoms with Gasteiger partial charge < -0.3 is 10.6 Å². The predicted octanol–water partition coefficient (Wildman–Crippen LogP) is 2.03. The molecule has 2 nitrogen and oxygen atoms in total. The smallest absolute Gasteiger partial charge is 0.127 e. The Bertz CT molecular complexity index is 205. The molecule has 2 heterocycles. The molecule has 3 N–H and O–H groups in total. The first kappa shape index (κ1) is 5.12. The van der Waals surface area contributed by atoms with Crippen LogP contribution in [-0.2, 0) is 0 Å². The van der Waals surface area contributed by atoms with Crippen molar-refractivity contribution in [1.29, 1.82) is 0 Å². The topological polar surface area (TPSA) is 48.1 Å². The molecule has 0 saturated heterocycles. The maximum atomic E-state index is 5.08. The van der Waals surface area contributed by atoms with Crippen LogP contribution in [0.5, 0.6) is 0 Å². The number of furan rings is 2. The summed E-state index contributed by atoms with van der Waals surface area (Å²) >= 11 is 0. The van der Waals surface area contributed by atoms with Gasteiger partial charge in [-0.05, 0) is 24.3 Å². The predicted molar refractivity (Wildman–Crippen MR) is 32.4 cm³/mol. The Balaban J connectivity index is 0.000000320. The van der Waals surface area contributed by atoms with Gasteiger partial charge >= 0.3 is 0 Å². The molecule has 0 aliphatic carbocycles. The van der Waals surface area contributed by atoms with Crippen molar-refractivity contribution in [2.45, 2.75) is 0 Å². The van der Waals surface area contributed by atoms with Gasteiger partial charge in [0.1, 0.15) is 11.2 Å².